The van der Waals surface area contributed by atoms with Crippen LogP contribution >= 0.6 is 0 Å². The zero-order valence-electron chi connectivity index (χ0n) is 6.04. The lowest BCUT2D eigenvalue weighted by Crippen LogP contribution is -1.96. The molecule has 0 aromatic carbocycles. The Balaban J connectivity index is 0.000000202. The molecule has 0 unspecified atom stereocenters. The lowest BCUT2D eigenvalue weighted by atomic mass is 10.6. The van der Waals surface area contributed by atoms with Crippen LogP contribution in [0.15, 0.2) is 22.5 Å². The zero-order valence-corrected chi connectivity index (χ0v) is 6.85. The number of azo groups is 1. The van der Waals surface area contributed by atoms with Crippen LogP contribution < -0.4 is 0 Å². The van der Waals surface area contributed by atoms with Crippen molar-refractivity contribution in [2.75, 3.05) is 7.11 Å². The molecule has 1 aliphatic heterocycles. The SMILES string of the molecule is COS(=O)(=O)O.O=C1C=CN=N1. The van der Waals surface area contributed by atoms with Crippen molar-refractivity contribution in [1.82, 2.24) is 0 Å². The molecule has 0 saturated heterocycles. The fourth-order valence-electron chi connectivity index (χ4n) is 0.221. The molecule has 0 aromatic rings. The highest BCUT2D eigenvalue weighted by Crippen LogP contribution is 1.90. The van der Waals surface area contributed by atoms with E-state index < -0.39 is 10.4 Å². The minimum atomic E-state index is -4.16. The van der Waals surface area contributed by atoms with E-state index in [0.717, 1.165) is 7.11 Å². The summed E-state index contributed by atoms with van der Waals surface area (Å²) in [6.45, 7) is 0. The van der Waals surface area contributed by atoms with E-state index in [0.29, 0.717) is 0 Å². The van der Waals surface area contributed by atoms with Crippen LogP contribution in [0, 0.1) is 0 Å². The molecule has 0 radical (unpaired) electrons. The first-order valence-electron chi connectivity index (χ1n) is 2.60. The molecule has 0 aliphatic carbocycles. The number of carbonyl (C=O) groups is 1. The molecule has 0 spiro atoms. The topological polar surface area (TPSA) is 105 Å². The van der Waals surface area contributed by atoms with Gasteiger partial charge in [0.05, 0.1) is 13.3 Å². The second-order valence-electron chi connectivity index (χ2n) is 1.46. The Morgan fingerprint density at radius 2 is 2.08 bits per heavy atom. The van der Waals surface area contributed by atoms with Gasteiger partial charge in [-0.25, -0.2) is 0 Å². The van der Waals surface area contributed by atoms with Crippen LogP contribution in [0.1, 0.15) is 0 Å². The monoisotopic (exact) mass is 194 g/mol. The Morgan fingerprint density at radius 1 is 1.58 bits per heavy atom. The van der Waals surface area contributed by atoms with Crippen LogP contribution in [0.25, 0.3) is 0 Å². The molecule has 1 aliphatic rings. The number of carbonyl (C=O) groups excluding carboxylic acids is 1. The lowest BCUT2D eigenvalue weighted by Gasteiger charge is -1.82. The van der Waals surface area contributed by atoms with Crippen molar-refractivity contribution in [2.45, 2.75) is 0 Å². The van der Waals surface area contributed by atoms with Gasteiger partial charge in [-0.3, -0.25) is 13.5 Å². The summed E-state index contributed by atoms with van der Waals surface area (Å²) in [5.74, 6) is -0.269. The maximum atomic E-state index is 9.90. The Kier molecular flexibility index (Phi) is 4.26. The highest BCUT2D eigenvalue weighted by atomic mass is 32.3. The van der Waals surface area contributed by atoms with E-state index in [9.17, 15) is 13.2 Å². The first-order valence-corrected chi connectivity index (χ1v) is 3.96. The number of rotatable bonds is 1. The number of nitrogens with zero attached hydrogens (tertiary/aromatic N) is 2. The van der Waals surface area contributed by atoms with E-state index in [2.05, 4.69) is 14.4 Å². The average molecular weight is 194 g/mol. The second-order valence-corrected chi connectivity index (χ2v) is 2.65. The van der Waals surface area contributed by atoms with Crippen LogP contribution in [0.3, 0.4) is 0 Å². The predicted molar refractivity (Wildman–Crippen MR) is 37.6 cm³/mol. The van der Waals surface area contributed by atoms with Gasteiger partial charge < -0.3 is 0 Å². The molecule has 0 bridgehead atoms. The smallest absolute Gasteiger partial charge is 0.266 e. The minimum Gasteiger partial charge on any atom is -0.266 e. The molecule has 0 atom stereocenters. The van der Waals surface area contributed by atoms with Gasteiger partial charge in [0.2, 0.25) is 0 Å². The van der Waals surface area contributed by atoms with Crippen LogP contribution in [0.4, 0.5) is 0 Å². The third-order valence-electron chi connectivity index (χ3n) is 0.651. The highest BCUT2D eigenvalue weighted by molar-refractivity contribution is 7.80. The highest BCUT2D eigenvalue weighted by Gasteiger charge is 1.94. The zero-order chi connectivity index (χ0) is 9.61. The summed E-state index contributed by atoms with van der Waals surface area (Å²) in [5.41, 5.74) is 0. The van der Waals surface area contributed by atoms with Gasteiger partial charge in [0.15, 0.2) is 0 Å². The number of hydrogen-bond donors (Lipinski definition) is 1. The molecule has 1 heterocycles. The predicted octanol–water partition coefficient (Wildman–Crippen LogP) is -0.0719. The summed E-state index contributed by atoms with van der Waals surface area (Å²) in [6.07, 6.45) is 2.67. The van der Waals surface area contributed by atoms with Crippen LogP contribution in [0.2, 0.25) is 0 Å². The van der Waals surface area contributed by atoms with Crippen molar-refractivity contribution in [3.63, 3.8) is 0 Å². The molecule has 68 valence electrons. The fraction of sp³-hybridized carbons (Fsp3) is 0.250. The van der Waals surface area contributed by atoms with Gasteiger partial charge in [-0.2, -0.15) is 13.5 Å². The van der Waals surface area contributed by atoms with Gasteiger partial charge in [-0.05, 0) is 0 Å². The third-order valence-corrected chi connectivity index (χ3v) is 1.07. The van der Waals surface area contributed by atoms with E-state index in [1.807, 2.05) is 0 Å². The van der Waals surface area contributed by atoms with E-state index in [1.165, 1.54) is 12.3 Å². The Labute approximate surface area is 68.7 Å². The van der Waals surface area contributed by atoms with E-state index in [1.54, 1.807) is 0 Å². The maximum Gasteiger partial charge on any atom is 0.397 e. The van der Waals surface area contributed by atoms with Gasteiger partial charge in [-0.1, -0.05) is 0 Å². The van der Waals surface area contributed by atoms with E-state index >= 15 is 0 Å². The summed E-state index contributed by atoms with van der Waals surface area (Å²) < 4.78 is 29.7. The summed E-state index contributed by atoms with van der Waals surface area (Å²) >= 11 is 0. The van der Waals surface area contributed by atoms with Crippen LogP contribution in [-0.4, -0.2) is 26.0 Å². The molecule has 1 rings (SSSR count). The van der Waals surface area contributed by atoms with Crippen molar-refractivity contribution in [3.05, 3.63) is 12.3 Å². The molecular weight excluding hydrogens is 188 g/mol. The summed E-state index contributed by atoms with van der Waals surface area (Å²) in [5, 5.41) is 6.37. The quantitative estimate of drug-likeness (QED) is 0.588. The van der Waals surface area contributed by atoms with E-state index in [-0.39, 0.29) is 5.91 Å². The summed E-state index contributed by atoms with van der Waals surface area (Å²) in [7, 11) is -3.29. The Hall–Kier alpha value is -1.12. The molecule has 0 aromatic heterocycles. The summed E-state index contributed by atoms with van der Waals surface area (Å²) in [4.78, 5) is 9.90. The van der Waals surface area contributed by atoms with Crippen molar-refractivity contribution in [3.8, 4) is 0 Å². The molecule has 1 N–H and O–H groups in total. The standard InChI is InChI=1S/C3H2N2O.CH4O4S/c6-3-1-2-4-5-3;1-5-6(2,3)4/h1-2H;1H3,(H,2,3,4). The Bertz CT molecular complexity index is 289. The molecule has 1 amide bonds. The van der Waals surface area contributed by atoms with Crippen LogP contribution in [0.5, 0.6) is 0 Å². The van der Waals surface area contributed by atoms with Crippen molar-refractivity contribution >= 4 is 16.3 Å². The first-order chi connectivity index (χ1) is 5.45. The van der Waals surface area contributed by atoms with Gasteiger partial charge in [0.25, 0.3) is 5.91 Å². The van der Waals surface area contributed by atoms with E-state index in [4.69, 9.17) is 4.55 Å². The summed E-state index contributed by atoms with van der Waals surface area (Å²) in [6, 6.07) is 0. The third kappa shape index (κ3) is 6.99. The van der Waals surface area contributed by atoms with Gasteiger partial charge in [-0.15, -0.1) is 5.11 Å². The molecule has 0 saturated carbocycles. The number of amides is 1. The number of hydrogen-bond acceptors (Lipinski definition) is 5. The average Bonchev–Trinajstić information content (AvgIpc) is 2.39. The largest absolute Gasteiger partial charge is 0.397 e. The molecule has 7 nitrogen and oxygen atoms in total. The fourth-order valence-corrected chi connectivity index (χ4v) is 0.221. The molecule has 12 heavy (non-hydrogen) atoms. The van der Waals surface area contributed by atoms with Crippen LogP contribution in [-0.2, 0) is 19.4 Å². The van der Waals surface area contributed by atoms with Crippen molar-refractivity contribution < 1.29 is 21.9 Å². The first kappa shape index (κ1) is 10.9. The lowest BCUT2D eigenvalue weighted by molar-refractivity contribution is -0.113. The van der Waals surface area contributed by atoms with Crippen molar-refractivity contribution in [2.24, 2.45) is 10.2 Å². The second kappa shape index (κ2) is 4.70. The molecular formula is C4H6N2O5S. The molecule has 8 heteroatoms. The van der Waals surface area contributed by atoms with Gasteiger partial charge >= 0.3 is 10.4 Å². The minimum absolute atomic E-state index is 0.269. The maximum absolute atomic E-state index is 9.90. The Morgan fingerprint density at radius 3 is 2.17 bits per heavy atom. The van der Waals surface area contributed by atoms with Crippen molar-refractivity contribution in [1.29, 1.82) is 0 Å². The molecule has 0 fully saturated rings. The van der Waals surface area contributed by atoms with Gasteiger partial charge in [0.1, 0.15) is 0 Å². The normalized spacial score (nSPS) is 14.3. The van der Waals surface area contributed by atoms with Gasteiger partial charge in [0, 0.05) is 6.08 Å².